The average Bonchev–Trinajstić information content (AvgIpc) is 1.35. The van der Waals surface area contributed by atoms with Gasteiger partial charge in [0, 0.05) is 0 Å². The van der Waals surface area contributed by atoms with E-state index in [2.05, 4.69) is 11.8 Å². The van der Waals surface area contributed by atoms with Gasteiger partial charge in [-0.15, -0.1) is 5.92 Å². The Bertz CT molecular complexity index is 73.7. The van der Waals surface area contributed by atoms with Crippen LogP contribution >= 0.6 is 0 Å². The summed E-state index contributed by atoms with van der Waals surface area (Å²) < 4.78 is 0. The molecule has 1 atom stereocenters. The van der Waals surface area contributed by atoms with Crippen molar-refractivity contribution in [1.29, 1.82) is 0 Å². The zero-order chi connectivity index (χ0) is 4.99. The van der Waals surface area contributed by atoms with E-state index in [0.29, 0.717) is 0 Å². The molecule has 0 aromatic rings. The lowest BCUT2D eigenvalue weighted by molar-refractivity contribution is 0.154. The molecule has 0 heterocycles. The fourth-order valence-corrected chi connectivity index (χ4v) is 0.203. The Labute approximate surface area is 38.0 Å². The van der Waals surface area contributed by atoms with Gasteiger partial charge in [0.2, 0.25) is 0 Å². The van der Waals surface area contributed by atoms with E-state index in [1.807, 2.05) is 0 Å². The number of rotatable bonds is 0. The third kappa shape index (κ3) is 3.52. The van der Waals surface area contributed by atoms with Crippen LogP contribution in [0.1, 0.15) is 13.8 Å². The van der Waals surface area contributed by atoms with E-state index >= 15 is 0 Å². The normalized spacial score (nSPS) is 11.8. The summed E-state index contributed by atoms with van der Waals surface area (Å²) in [4.78, 5) is 0. The SMILES string of the molecule is CC#CC(C)[O]. The third-order valence-corrected chi connectivity index (χ3v) is 0.348. The van der Waals surface area contributed by atoms with Crippen molar-refractivity contribution in [2.45, 2.75) is 20.0 Å². The predicted molar refractivity (Wildman–Crippen MR) is 23.6 cm³/mol. The van der Waals surface area contributed by atoms with Gasteiger partial charge in [0.15, 0.2) is 6.10 Å². The lowest BCUT2D eigenvalue weighted by Gasteiger charge is -1.77. The van der Waals surface area contributed by atoms with Gasteiger partial charge in [-0.3, -0.25) is 0 Å². The van der Waals surface area contributed by atoms with Crippen LogP contribution in [-0.2, 0) is 5.11 Å². The first-order valence-electron chi connectivity index (χ1n) is 1.85. The molecule has 0 N–H and O–H groups in total. The molecule has 0 saturated heterocycles. The van der Waals surface area contributed by atoms with E-state index in [9.17, 15) is 5.11 Å². The van der Waals surface area contributed by atoms with Crippen LogP contribution in [0.4, 0.5) is 0 Å². The smallest absolute Gasteiger partial charge is 0.150 e. The molecular formula is C5H7O. The Morgan fingerprint density at radius 3 is 2.17 bits per heavy atom. The molecule has 0 spiro atoms. The van der Waals surface area contributed by atoms with Gasteiger partial charge in [0.1, 0.15) is 0 Å². The van der Waals surface area contributed by atoms with E-state index in [1.54, 1.807) is 6.92 Å². The summed E-state index contributed by atoms with van der Waals surface area (Å²) >= 11 is 0. The zero-order valence-corrected chi connectivity index (χ0v) is 3.99. The second kappa shape index (κ2) is 2.74. The maximum absolute atomic E-state index is 9.95. The molecule has 0 bridgehead atoms. The fraction of sp³-hybridized carbons (Fsp3) is 0.600. The Morgan fingerprint density at radius 2 is 2.17 bits per heavy atom. The van der Waals surface area contributed by atoms with Crippen LogP contribution in [0, 0.1) is 11.8 Å². The minimum atomic E-state index is -0.713. The molecule has 0 aromatic heterocycles. The first-order chi connectivity index (χ1) is 2.77. The van der Waals surface area contributed by atoms with Crippen molar-refractivity contribution in [3.63, 3.8) is 0 Å². The first-order valence-corrected chi connectivity index (χ1v) is 1.85. The van der Waals surface area contributed by atoms with Crippen molar-refractivity contribution in [3.05, 3.63) is 0 Å². The molecule has 0 aromatic carbocycles. The lowest BCUT2D eigenvalue weighted by Crippen LogP contribution is -1.88. The van der Waals surface area contributed by atoms with Gasteiger partial charge < -0.3 is 0 Å². The van der Waals surface area contributed by atoms with Crippen LogP contribution in [0.5, 0.6) is 0 Å². The molecule has 1 unspecified atom stereocenters. The highest BCUT2D eigenvalue weighted by molar-refractivity contribution is 4.99. The molecule has 0 aliphatic carbocycles. The molecular weight excluding hydrogens is 76.1 g/mol. The van der Waals surface area contributed by atoms with E-state index in [1.165, 1.54) is 6.92 Å². The number of hydrogen-bond donors (Lipinski definition) is 0. The van der Waals surface area contributed by atoms with Gasteiger partial charge in [0.05, 0.1) is 0 Å². The Morgan fingerprint density at radius 1 is 1.67 bits per heavy atom. The van der Waals surface area contributed by atoms with Crippen LogP contribution in [0.3, 0.4) is 0 Å². The standard InChI is InChI=1S/C5H7O/c1-3-4-5(2)6/h5H,1-2H3. The minimum Gasteiger partial charge on any atom is -0.219 e. The molecule has 0 aliphatic rings. The van der Waals surface area contributed by atoms with Crippen molar-refractivity contribution in [2.75, 3.05) is 0 Å². The van der Waals surface area contributed by atoms with Gasteiger partial charge in [-0.1, -0.05) is 5.92 Å². The summed E-state index contributed by atoms with van der Waals surface area (Å²) in [6.07, 6.45) is -0.713. The molecule has 0 saturated carbocycles. The van der Waals surface area contributed by atoms with Crippen LogP contribution in [0.2, 0.25) is 0 Å². The van der Waals surface area contributed by atoms with Crippen LogP contribution in [0.25, 0.3) is 0 Å². The van der Waals surface area contributed by atoms with Crippen LogP contribution in [0.15, 0.2) is 0 Å². The Kier molecular flexibility index (Phi) is 2.52. The second-order valence-corrected chi connectivity index (χ2v) is 1.04. The molecule has 0 aliphatic heterocycles. The molecule has 0 amide bonds. The Hall–Kier alpha value is -0.480. The second-order valence-electron chi connectivity index (χ2n) is 1.04. The molecule has 6 heavy (non-hydrogen) atoms. The lowest BCUT2D eigenvalue weighted by atomic mass is 10.4. The van der Waals surface area contributed by atoms with Gasteiger partial charge in [0.25, 0.3) is 0 Å². The predicted octanol–water partition coefficient (Wildman–Crippen LogP) is 0.829. The summed E-state index contributed by atoms with van der Waals surface area (Å²) in [6.45, 7) is 3.19. The average molecular weight is 83.1 g/mol. The van der Waals surface area contributed by atoms with Gasteiger partial charge in [-0.25, -0.2) is 5.11 Å². The first kappa shape index (κ1) is 5.52. The summed E-state index contributed by atoms with van der Waals surface area (Å²) in [7, 11) is 0. The summed E-state index contributed by atoms with van der Waals surface area (Å²) in [5, 5.41) is 9.95. The highest BCUT2D eigenvalue weighted by Crippen LogP contribution is 1.71. The molecule has 33 valence electrons. The molecule has 0 rings (SSSR count). The van der Waals surface area contributed by atoms with Crippen molar-refractivity contribution >= 4 is 0 Å². The Balaban J connectivity index is 3.20. The number of hydrogen-bond acceptors (Lipinski definition) is 0. The van der Waals surface area contributed by atoms with Crippen molar-refractivity contribution < 1.29 is 5.11 Å². The summed E-state index contributed by atoms with van der Waals surface area (Å²) in [5.41, 5.74) is 0. The van der Waals surface area contributed by atoms with E-state index in [4.69, 9.17) is 0 Å². The zero-order valence-electron chi connectivity index (χ0n) is 3.99. The maximum atomic E-state index is 9.95. The summed E-state index contributed by atoms with van der Waals surface area (Å²) in [6, 6.07) is 0. The quantitative estimate of drug-likeness (QED) is 0.386. The van der Waals surface area contributed by atoms with Gasteiger partial charge in [-0.2, -0.15) is 0 Å². The molecule has 1 heteroatoms. The maximum Gasteiger partial charge on any atom is 0.150 e. The molecule has 1 nitrogen and oxygen atoms in total. The third-order valence-electron chi connectivity index (χ3n) is 0.348. The van der Waals surface area contributed by atoms with Crippen LogP contribution in [-0.4, -0.2) is 6.10 Å². The highest BCUT2D eigenvalue weighted by atomic mass is 16.3. The summed E-state index contributed by atoms with van der Waals surface area (Å²) in [5.74, 6) is 4.91. The van der Waals surface area contributed by atoms with E-state index < -0.39 is 6.10 Å². The van der Waals surface area contributed by atoms with Gasteiger partial charge >= 0.3 is 0 Å². The van der Waals surface area contributed by atoms with Gasteiger partial charge in [-0.05, 0) is 13.8 Å². The molecule has 1 radical (unpaired) electrons. The van der Waals surface area contributed by atoms with E-state index in [0.717, 1.165) is 0 Å². The van der Waals surface area contributed by atoms with Crippen molar-refractivity contribution in [1.82, 2.24) is 0 Å². The van der Waals surface area contributed by atoms with Crippen molar-refractivity contribution in [2.24, 2.45) is 0 Å². The molecule has 0 fully saturated rings. The monoisotopic (exact) mass is 83.0 g/mol. The largest absolute Gasteiger partial charge is 0.219 e. The van der Waals surface area contributed by atoms with E-state index in [-0.39, 0.29) is 0 Å². The topological polar surface area (TPSA) is 19.9 Å². The highest BCUT2D eigenvalue weighted by Gasteiger charge is 1.81. The fourth-order valence-electron chi connectivity index (χ4n) is 0.203. The van der Waals surface area contributed by atoms with Crippen LogP contribution < -0.4 is 0 Å². The van der Waals surface area contributed by atoms with Crippen molar-refractivity contribution in [3.8, 4) is 11.8 Å². The minimum absolute atomic E-state index is 0.713.